The van der Waals surface area contributed by atoms with E-state index in [0.717, 1.165) is 18.4 Å². The van der Waals surface area contributed by atoms with Gasteiger partial charge in [0.15, 0.2) is 0 Å². The first-order chi connectivity index (χ1) is 12.0. The van der Waals surface area contributed by atoms with Gasteiger partial charge in [-0.3, -0.25) is 14.5 Å². The smallest absolute Gasteiger partial charge is 0.319 e. The standard InChI is InChI=1S/C19H25FN2O3/c1-2-16(14-4-6-15(20)7-5-14)21-10-12-22(13-11-21)17(23)19(18(24)25)8-3-9-19/h4-7,16H,2-3,8-13H2,1H3,(H,24,25). The number of carbonyl (C=O) groups excluding carboxylic acids is 1. The summed E-state index contributed by atoms with van der Waals surface area (Å²) < 4.78 is 13.1. The SMILES string of the molecule is CCC(c1ccc(F)cc1)N1CCN(C(=O)C2(C(=O)O)CCC2)CC1. The van der Waals surface area contributed by atoms with Crippen LogP contribution in [-0.4, -0.2) is 53.0 Å². The molecule has 6 heteroatoms. The molecule has 0 radical (unpaired) electrons. The number of carboxylic acid groups (broad SMARTS) is 1. The third-order valence-corrected chi connectivity index (χ3v) is 5.71. The highest BCUT2D eigenvalue weighted by Gasteiger charge is 2.53. The Morgan fingerprint density at radius 3 is 2.20 bits per heavy atom. The van der Waals surface area contributed by atoms with Gasteiger partial charge in [0.05, 0.1) is 0 Å². The van der Waals surface area contributed by atoms with Crippen LogP contribution in [0.2, 0.25) is 0 Å². The second-order valence-electron chi connectivity index (χ2n) is 7.04. The van der Waals surface area contributed by atoms with Gasteiger partial charge in [-0.1, -0.05) is 25.5 Å². The number of rotatable bonds is 5. The van der Waals surface area contributed by atoms with E-state index in [9.17, 15) is 19.1 Å². The van der Waals surface area contributed by atoms with Gasteiger partial charge in [-0.15, -0.1) is 0 Å². The lowest BCUT2D eigenvalue weighted by Crippen LogP contribution is -2.57. The van der Waals surface area contributed by atoms with Gasteiger partial charge >= 0.3 is 5.97 Å². The van der Waals surface area contributed by atoms with Crippen molar-refractivity contribution >= 4 is 11.9 Å². The minimum Gasteiger partial charge on any atom is -0.480 e. The lowest BCUT2D eigenvalue weighted by Gasteiger charge is -2.44. The average molecular weight is 348 g/mol. The zero-order valence-electron chi connectivity index (χ0n) is 14.6. The summed E-state index contributed by atoms with van der Waals surface area (Å²) in [7, 11) is 0. The van der Waals surface area contributed by atoms with Crippen molar-refractivity contribution in [1.29, 1.82) is 0 Å². The molecule has 0 aromatic heterocycles. The minimum atomic E-state index is -1.18. The van der Waals surface area contributed by atoms with Gasteiger partial charge in [0, 0.05) is 32.2 Å². The van der Waals surface area contributed by atoms with E-state index in [4.69, 9.17) is 0 Å². The summed E-state index contributed by atoms with van der Waals surface area (Å²) in [6, 6.07) is 6.77. The first-order valence-electron chi connectivity index (χ1n) is 9.00. The number of carboxylic acids is 1. The molecular weight excluding hydrogens is 323 g/mol. The second-order valence-corrected chi connectivity index (χ2v) is 7.04. The fourth-order valence-corrected chi connectivity index (χ4v) is 3.98. The third kappa shape index (κ3) is 3.27. The van der Waals surface area contributed by atoms with Gasteiger partial charge in [0.25, 0.3) is 0 Å². The Morgan fingerprint density at radius 1 is 1.16 bits per heavy atom. The Kier molecular flexibility index (Phi) is 5.08. The van der Waals surface area contributed by atoms with Crippen LogP contribution < -0.4 is 0 Å². The summed E-state index contributed by atoms with van der Waals surface area (Å²) in [6.07, 6.45) is 2.61. The number of halogens is 1. The number of carbonyl (C=O) groups is 2. The molecule has 1 saturated heterocycles. The third-order valence-electron chi connectivity index (χ3n) is 5.71. The normalized spacial score (nSPS) is 21.4. The fourth-order valence-electron chi connectivity index (χ4n) is 3.98. The van der Waals surface area contributed by atoms with Crippen molar-refractivity contribution in [3.63, 3.8) is 0 Å². The van der Waals surface area contributed by atoms with Crippen LogP contribution in [0.4, 0.5) is 4.39 Å². The molecule has 136 valence electrons. The fraction of sp³-hybridized carbons (Fsp3) is 0.579. The Morgan fingerprint density at radius 2 is 1.76 bits per heavy atom. The molecule has 1 saturated carbocycles. The van der Waals surface area contributed by atoms with E-state index in [1.165, 1.54) is 12.1 Å². The molecule has 1 amide bonds. The summed E-state index contributed by atoms with van der Waals surface area (Å²) in [6.45, 7) is 4.60. The molecule has 1 heterocycles. The summed E-state index contributed by atoms with van der Waals surface area (Å²) >= 11 is 0. The van der Waals surface area contributed by atoms with Crippen molar-refractivity contribution in [3.05, 3.63) is 35.6 Å². The van der Waals surface area contributed by atoms with E-state index >= 15 is 0 Å². The van der Waals surface area contributed by atoms with Gasteiger partial charge in [0.2, 0.25) is 5.91 Å². The van der Waals surface area contributed by atoms with Gasteiger partial charge in [-0.25, -0.2) is 4.39 Å². The van der Waals surface area contributed by atoms with Crippen LogP contribution >= 0.6 is 0 Å². The van der Waals surface area contributed by atoms with Gasteiger partial charge < -0.3 is 10.0 Å². The first-order valence-corrected chi connectivity index (χ1v) is 9.00. The molecule has 1 aromatic carbocycles. The molecule has 0 bridgehead atoms. The molecule has 1 atom stereocenters. The van der Waals surface area contributed by atoms with Crippen molar-refractivity contribution in [1.82, 2.24) is 9.80 Å². The van der Waals surface area contributed by atoms with E-state index in [-0.39, 0.29) is 17.8 Å². The first kappa shape index (κ1) is 17.9. The van der Waals surface area contributed by atoms with Crippen LogP contribution in [0.5, 0.6) is 0 Å². The molecule has 25 heavy (non-hydrogen) atoms. The largest absolute Gasteiger partial charge is 0.480 e. The highest BCUT2D eigenvalue weighted by atomic mass is 19.1. The van der Waals surface area contributed by atoms with Gasteiger partial charge in [0.1, 0.15) is 11.2 Å². The van der Waals surface area contributed by atoms with Crippen molar-refractivity contribution in [2.24, 2.45) is 5.41 Å². The average Bonchev–Trinajstić information content (AvgIpc) is 2.56. The summed E-state index contributed by atoms with van der Waals surface area (Å²) in [4.78, 5) is 28.2. The number of hydrogen-bond acceptors (Lipinski definition) is 3. The Bertz CT molecular complexity index is 635. The second kappa shape index (κ2) is 7.12. The molecule has 1 aromatic rings. The molecule has 2 aliphatic rings. The van der Waals surface area contributed by atoms with E-state index in [0.29, 0.717) is 39.0 Å². The number of hydrogen-bond donors (Lipinski definition) is 1. The topological polar surface area (TPSA) is 60.9 Å². The quantitative estimate of drug-likeness (QED) is 0.831. The van der Waals surface area contributed by atoms with Crippen molar-refractivity contribution in [2.45, 2.75) is 38.6 Å². The van der Waals surface area contributed by atoms with Crippen molar-refractivity contribution in [2.75, 3.05) is 26.2 Å². The van der Waals surface area contributed by atoms with Crippen molar-refractivity contribution in [3.8, 4) is 0 Å². The van der Waals surface area contributed by atoms with Gasteiger partial charge in [-0.05, 0) is 37.0 Å². The Balaban J connectivity index is 1.63. The van der Waals surface area contributed by atoms with Crippen LogP contribution in [0.3, 0.4) is 0 Å². The Hall–Kier alpha value is -1.95. The van der Waals surface area contributed by atoms with Crippen LogP contribution in [0.25, 0.3) is 0 Å². The number of amides is 1. The molecule has 3 rings (SSSR count). The maximum atomic E-state index is 13.1. The van der Waals surface area contributed by atoms with E-state index in [1.807, 2.05) is 12.1 Å². The summed E-state index contributed by atoms with van der Waals surface area (Å²) in [5, 5.41) is 9.45. The Labute approximate surface area is 147 Å². The molecule has 1 aliphatic carbocycles. The maximum Gasteiger partial charge on any atom is 0.319 e. The number of piperazine rings is 1. The highest BCUT2D eigenvalue weighted by molar-refractivity contribution is 6.02. The molecule has 5 nitrogen and oxygen atoms in total. The molecule has 2 fully saturated rings. The summed E-state index contributed by atoms with van der Waals surface area (Å²) in [5.74, 6) is -1.45. The van der Waals surface area contributed by atoms with Crippen LogP contribution in [0.1, 0.15) is 44.2 Å². The van der Waals surface area contributed by atoms with Gasteiger partial charge in [-0.2, -0.15) is 0 Å². The predicted molar refractivity (Wildman–Crippen MR) is 91.5 cm³/mol. The zero-order chi connectivity index (χ0) is 18.0. The van der Waals surface area contributed by atoms with Crippen LogP contribution in [0.15, 0.2) is 24.3 Å². The van der Waals surface area contributed by atoms with Crippen LogP contribution in [-0.2, 0) is 9.59 Å². The molecule has 1 unspecified atom stereocenters. The van der Waals surface area contributed by atoms with E-state index in [2.05, 4.69) is 11.8 Å². The number of benzene rings is 1. The minimum absolute atomic E-state index is 0.190. The molecule has 0 spiro atoms. The molecule has 1 N–H and O–H groups in total. The number of nitrogens with zero attached hydrogens (tertiary/aromatic N) is 2. The zero-order valence-corrected chi connectivity index (χ0v) is 14.6. The summed E-state index contributed by atoms with van der Waals surface area (Å²) in [5.41, 5.74) is -0.104. The maximum absolute atomic E-state index is 13.1. The molecule has 1 aliphatic heterocycles. The van der Waals surface area contributed by atoms with E-state index < -0.39 is 11.4 Å². The molecular formula is C19H25FN2O3. The highest BCUT2D eigenvalue weighted by Crippen LogP contribution is 2.43. The van der Waals surface area contributed by atoms with Crippen LogP contribution in [0, 0.1) is 11.2 Å². The predicted octanol–water partition coefficient (Wildman–Crippen LogP) is 2.68. The van der Waals surface area contributed by atoms with Crippen molar-refractivity contribution < 1.29 is 19.1 Å². The monoisotopic (exact) mass is 348 g/mol. The lowest BCUT2D eigenvalue weighted by molar-refractivity contribution is -0.168. The van der Waals surface area contributed by atoms with E-state index in [1.54, 1.807) is 4.90 Å². The lowest BCUT2D eigenvalue weighted by atomic mass is 9.67. The number of aliphatic carboxylic acids is 1.